The van der Waals surface area contributed by atoms with Gasteiger partial charge >= 0.3 is 6.03 Å². The number of nitrogens with zero attached hydrogens (tertiary/aromatic N) is 2. The van der Waals surface area contributed by atoms with Crippen molar-refractivity contribution in [3.63, 3.8) is 0 Å². The van der Waals surface area contributed by atoms with Crippen LogP contribution in [0.1, 0.15) is 25.5 Å². The van der Waals surface area contributed by atoms with E-state index in [1.165, 1.54) is 0 Å². The molecule has 6 nitrogen and oxygen atoms in total. The molecule has 0 saturated carbocycles. The minimum Gasteiger partial charge on any atom is -0.306 e. The van der Waals surface area contributed by atoms with Crippen molar-refractivity contribution in [3.05, 3.63) is 75.7 Å². The van der Waals surface area contributed by atoms with Gasteiger partial charge in [-0.1, -0.05) is 55.8 Å². The number of aromatic nitrogens is 2. The zero-order chi connectivity index (χ0) is 19.6. The summed E-state index contributed by atoms with van der Waals surface area (Å²) in [6, 6.07) is 15.7. The molecule has 2 N–H and O–H groups in total. The second-order valence-corrected chi connectivity index (χ2v) is 6.86. The van der Waals surface area contributed by atoms with E-state index in [0.717, 1.165) is 11.4 Å². The summed E-state index contributed by atoms with van der Waals surface area (Å²) in [5.74, 6) is 0.0308. The highest BCUT2D eigenvalue weighted by molar-refractivity contribution is 6.33. The maximum Gasteiger partial charge on any atom is 0.323 e. The number of urea groups is 1. The smallest absolute Gasteiger partial charge is 0.306 e. The molecule has 0 saturated heterocycles. The van der Waals surface area contributed by atoms with Crippen molar-refractivity contribution in [2.24, 2.45) is 7.05 Å². The third-order valence-corrected chi connectivity index (χ3v) is 4.55. The SMILES string of the molecule is CC(C)c1c(NC(=O)Nc2ccccc2Cl)c(=O)n(-c2ccccc2)n1C. The molecule has 0 bridgehead atoms. The molecule has 0 aliphatic carbocycles. The van der Waals surface area contributed by atoms with Crippen LogP contribution < -0.4 is 16.2 Å². The molecule has 2 aromatic carbocycles. The zero-order valence-corrected chi connectivity index (χ0v) is 16.1. The standard InChI is InChI=1S/C20H21ClN4O2/c1-13(2)18-17(23-20(27)22-16-12-8-7-11-15(16)21)19(26)25(24(18)3)14-9-5-4-6-10-14/h4-13H,1-3H3,(H2,22,23,27). The van der Waals surface area contributed by atoms with E-state index in [4.69, 9.17) is 11.6 Å². The van der Waals surface area contributed by atoms with Gasteiger partial charge in [0.1, 0.15) is 5.69 Å². The van der Waals surface area contributed by atoms with Gasteiger partial charge in [-0.05, 0) is 30.2 Å². The summed E-state index contributed by atoms with van der Waals surface area (Å²) in [6.45, 7) is 3.95. The molecule has 1 heterocycles. The van der Waals surface area contributed by atoms with Crippen LogP contribution >= 0.6 is 11.6 Å². The summed E-state index contributed by atoms with van der Waals surface area (Å²) in [6.07, 6.45) is 0. The van der Waals surface area contributed by atoms with Gasteiger partial charge < -0.3 is 10.6 Å². The fourth-order valence-electron chi connectivity index (χ4n) is 3.09. The first-order valence-corrected chi connectivity index (χ1v) is 8.97. The monoisotopic (exact) mass is 384 g/mol. The summed E-state index contributed by atoms with van der Waals surface area (Å²) in [5, 5.41) is 5.81. The molecule has 3 aromatic rings. The summed E-state index contributed by atoms with van der Waals surface area (Å²) in [5.41, 5.74) is 1.90. The molecular weight excluding hydrogens is 364 g/mol. The van der Waals surface area contributed by atoms with Crippen LogP contribution in [0, 0.1) is 0 Å². The van der Waals surface area contributed by atoms with Crippen molar-refractivity contribution >= 4 is 29.0 Å². The molecule has 0 radical (unpaired) electrons. The van der Waals surface area contributed by atoms with Gasteiger partial charge in [-0.3, -0.25) is 9.48 Å². The molecular formula is C20H21ClN4O2. The number of hydrogen-bond donors (Lipinski definition) is 2. The van der Waals surface area contributed by atoms with E-state index in [9.17, 15) is 9.59 Å². The van der Waals surface area contributed by atoms with E-state index in [1.807, 2.05) is 44.2 Å². The Balaban J connectivity index is 1.99. The largest absolute Gasteiger partial charge is 0.323 e. The molecule has 0 atom stereocenters. The number of nitrogens with one attached hydrogen (secondary N) is 2. The van der Waals surface area contributed by atoms with Gasteiger partial charge in [-0.2, -0.15) is 0 Å². The number of amides is 2. The van der Waals surface area contributed by atoms with E-state index in [0.29, 0.717) is 10.7 Å². The average Bonchev–Trinajstić information content (AvgIpc) is 2.88. The number of hydrogen-bond acceptors (Lipinski definition) is 2. The number of carbonyl (C=O) groups excluding carboxylic acids is 1. The lowest BCUT2D eigenvalue weighted by Gasteiger charge is -2.13. The Labute approximate surface area is 162 Å². The first kappa shape index (κ1) is 18.8. The lowest BCUT2D eigenvalue weighted by atomic mass is 10.1. The lowest BCUT2D eigenvalue weighted by Crippen LogP contribution is -2.25. The number of rotatable bonds is 4. The van der Waals surface area contributed by atoms with E-state index in [-0.39, 0.29) is 17.2 Å². The first-order valence-electron chi connectivity index (χ1n) is 8.60. The van der Waals surface area contributed by atoms with Crippen molar-refractivity contribution in [1.29, 1.82) is 0 Å². The fraction of sp³-hybridized carbons (Fsp3) is 0.200. The molecule has 0 fully saturated rings. The molecule has 2 amide bonds. The summed E-state index contributed by atoms with van der Waals surface area (Å²) in [4.78, 5) is 25.5. The van der Waals surface area contributed by atoms with Gasteiger partial charge in [0, 0.05) is 7.05 Å². The number of para-hydroxylation sites is 2. The van der Waals surface area contributed by atoms with Gasteiger partial charge in [0.25, 0.3) is 5.56 Å². The van der Waals surface area contributed by atoms with Crippen LogP contribution in [0.2, 0.25) is 5.02 Å². The fourth-order valence-corrected chi connectivity index (χ4v) is 3.27. The Morgan fingerprint density at radius 2 is 1.63 bits per heavy atom. The van der Waals surface area contributed by atoms with E-state index in [2.05, 4.69) is 10.6 Å². The van der Waals surface area contributed by atoms with Gasteiger partial charge in [-0.25, -0.2) is 9.48 Å². The number of anilines is 2. The molecule has 0 spiro atoms. The predicted octanol–water partition coefficient (Wildman–Crippen LogP) is 4.60. The summed E-state index contributed by atoms with van der Waals surface area (Å²) >= 11 is 6.08. The number of halogens is 1. The highest BCUT2D eigenvalue weighted by atomic mass is 35.5. The maximum absolute atomic E-state index is 13.0. The minimum absolute atomic E-state index is 0.0308. The summed E-state index contributed by atoms with van der Waals surface area (Å²) in [7, 11) is 1.81. The van der Waals surface area contributed by atoms with Crippen molar-refractivity contribution in [1.82, 2.24) is 9.36 Å². The van der Waals surface area contributed by atoms with Crippen LogP contribution in [0.3, 0.4) is 0 Å². The lowest BCUT2D eigenvalue weighted by molar-refractivity contribution is 0.262. The van der Waals surface area contributed by atoms with Crippen molar-refractivity contribution in [2.45, 2.75) is 19.8 Å². The molecule has 7 heteroatoms. The van der Waals surface area contributed by atoms with Crippen molar-refractivity contribution in [2.75, 3.05) is 10.6 Å². The normalized spacial score (nSPS) is 10.9. The molecule has 0 unspecified atom stereocenters. The molecule has 3 rings (SSSR count). The molecule has 0 aliphatic heterocycles. The molecule has 140 valence electrons. The third-order valence-electron chi connectivity index (χ3n) is 4.22. The average molecular weight is 385 g/mol. The quantitative estimate of drug-likeness (QED) is 0.690. The van der Waals surface area contributed by atoms with Gasteiger partial charge in [0.15, 0.2) is 0 Å². The van der Waals surface area contributed by atoms with Crippen LogP contribution in [-0.4, -0.2) is 15.4 Å². The second-order valence-electron chi connectivity index (χ2n) is 6.45. The first-order chi connectivity index (χ1) is 12.9. The van der Waals surface area contributed by atoms with Gasteiger partial charge in [-0.15, -0.1) is 0 Å². The Bertz CT molecular complexity index is 1020. The Morgan fingerprint density at radius 3 is 2.26 bits per heavy atom. The minimum atomic E-state index is -0.520. The van der Waals surface area contributed by atoms with Crippen LogP contribution in [0.4, 0.5) is 16.2 Å². The Morgan fingerprint density at radius 1 is 1.00 bits per heavy atom. The van der Waals surface area contributed by atoms with Crippen LogP contribution in [0.5, 0.6) is 0 Å². The Kier molecular flexibility index (Phi) is 5.37. The predicted molar refractivity (Wildman–Crippen MR) is 109 cm³/mol. The van der Waals surface area contributed by atoms with E-state index in [1.54, 1.807) is 40.7 Å². The topological polar surface area (TPSA) is 68.1 Å². The van der Waals surface area contributed by atoms with E-state index < -0.39 is 6.03 Å². The summed E-state index contributed by atoms with van der Waals surface area (Å²) < 4.78 is 3.31. The number of carbonyl (C=O) groups is 1. The third kappa shape index (κ3) is 3.75. The van der Waals surface area contributed by atoms with Crippen molar-refractivity contribution < 1.29 is 4.79 Å². The van der Waals surface area contributed by atoms with Gasteiger partial charge in [0.2, 0.25) is 0 Å². The highest BCUT2D eigenvalue weighted by Crippen LogP contribution is 2.24. The molecule has 27 heavy (non-hydrogen) atoms. The van der Waals surface area contributed by atoms with E-state index >= 15 is 0 Å². The molecule has 1 aromatic heterocycles. The number of benzene rings is 2. The van der Waals surface area contributed by atoms with Gasteiger partial charge in [0.05, 0.1) is 22.1 Å². The Hall–Kier alpha value is -2.99. The maximum atomic E-state index is 13.0. The van der Waals surface area contributed by atoms with Crippen LogP contribution in [0.25, 0.3) is 5.69 Å². The second kappa shape index (κ2) is 7.72. The van der Waals surface area contributed by atoms with Crippen LogP contribution in [-0.2, 0) is 7.05 Å². The van der Waals surface area contributed by atoms with Crippen molar-refractivity contribution in [3.8, 4) is 5.69 Å². The highest BCUT2D eigenvalue weighted by Gasteiger charge is 2.23. The zero-order valence-electron chi connectivity index (χ0n) is 15.4. The van der Waals surface area contributed by atoms with Crippen LogP contribution in [0.15, 0.2) is 59.4 Å². The molecule has 0 aliphatic rings.